The molecular weight excluding hydrogens is 454 g/mol. The van der Waals surface area contributed by atoms with Crippen LogP contribution in [-0.2, 0) is 11.2 Å². The third-order valence-electron chi connectivity index (χ3n) is 5.78. The molecule has 0 saturated heterocycles. The molecule has 0 bridgehead atoms. The number of ether oxygens (including phenoxy) is 2. The van der Waals surface area contributed by atoms with Crippen molar-refractivity contribution in [2.45, 2.75) is 40.5 Å². The second-order valence-electron chi connectivity index (χ2n) is 8.18. The Balaban J connectivity index is 1.61. The van der Waals surface area contributed by atoms with Crippen LogP contribution in [0, 0.1) is 20.8 Å². The summed E-state index contributed by atoms with van der Waals surface area (Å²) < 4.78 is 11.4. The molecule has 4 aromatic rings. The highest BCUT2D eigenvalue weighted by Gasteiger charge is 2.21. The number of esters is 1. The number of carbonyl (C=O) groups excluding carboxylic acids is 1. The van der Waals surface area contributed by atoms with E-state index in [1.165, 1.54) is 10.4 Å². The van der Waals surface area contributed by atoms with Crippen molar-refractivity contribution in [2.75, 3.05) is 13.2 Å². The lowest BCUT2D eigenvalue weighted by molar-refractivity contribution is 0.0519. The number of hydrogen-bond acceptors (Lipinski definition) is 4. The van der Waals surface area contributed by atoms with Crippen molar-refractivity contribution in [3.8, 4) is 16.2 Å². The maximum absolute atomic E-state index is 12.8. The number of rotatable bonds is 8. The highest BCUT2D eigenvalue weighted by Crippen LogP contribution is 2.37. The van der Waals surface area contributed by atoms with E-state index in [2.05, 4.69) is 41.6 Å². The van der Waals surface area contributed by atoms with E-state index >= 15 is 0 Å². The van der Waals surface area contributed by atoms with Crippen molar-refractivity contribution in [1.29, 1.82) is 0 Å². The lowest BCUT2D eigenvalue weighted by Gasteiger charge is -2.10. The largest absolute Gasteiger partial charge is 0.494 e. The van der Waals surface area contributed by atoms with Crippen LogP contribution in [0.3, 0.4) is 0 Å². The Morgan fingerprint density at radius 3 is 2.52 bits per heavy atom. The number of aromatic amines is 1. The summed E-state index contributed by atoms with van der Waals surface area (Å²) in [5.41, 5.74) is 6.83. The standard InChI is InChI=1S/C27H28ClNO3S/c1-5-31-27(30)25-21(10-7-12-32-19-14-17(3)23(28)18(4)15-19)20-8-6-9-22(24(20)29-25)26-16(2)11-13-33-26/h6,8-9,11,13-15,29H,5,7,10,12H2,1-4H3. The van der Waals surface area contributed by atoms with Gasteiger partial charge in [-0.3, -0.25) is 0 Å². The van der Waals surface area contributed by atoms with Crippen LogP contribution >= 0.6 is 22.9 Å². The molecule has 0 aliphatic carbocycles. The summed E-state index contributed by atoms with van der Waals surface area (Å²) in [5.74, 6) is 0.497. The first kappa shape index (κ1) is 23.4. The normalized spacial score (nSPS) is 11.2. The number of fused-ring (bicyclic) bond motifs is 1. The van der Waals surface area contributed by atoms with Crippen molar-refractivity contribution >= 4 is 39.8 Å². The first-order chi connectivity index (χ1) is 15.9. The van der Waals surface area contributed by atoms with E-state index in [1.807, 2.05) is 32.9 Å². The predicted molar refractivity (Wildman–Crippen MR) is 137 cm³/mol. The fourth-order valence-electron chi connectivity index (χ4n) is 4.18. The molecule has 0 atom stereocenters. The van der Waals surface area contributed by atoms with Crippen molar-refractivity contribution < 1.29 is 14.3 Å². The number of H-pyrrole nitrogens is 1. The van der Waals surface area contributed by atoms with Crippen molar-refractivity contribution in [1.82, 2.24) is 4.98 Å². The zero-order valence-electron chi connectivity index (χ0n) is 19.4. The van der Waals surface area contributed by atoms with Gasteiger partial charge in [-0.25, -0.2) is 4.79 Å². The highest BCUT2D eigenvalue weighted by molar-refractivity contribution is 7.13. The maximum Gasteiger partial charge on any atom is 0.355 e. The molecule has 33 heavy (non-hydrogen) atoms. The van der Waals surface area contributed by atoms with Crippen molar-refractivity contribution in [2.24, 2.45) is 0 Å². The SMILES string of the molecule is CCOC(=O)c1[nH]c2c(-c3sccc3C)cccc2c1CCCOc1cc(C)c(Cl)c(C)c1. The minimum Gasteiger partial charge on any atom is -0.494 e. The number of nitrogens with one attached hydrogen (secondary N) is 1. The lowest BCUT2D eigenvalue weighted by Crippen LogP contribution is -2.09. The summed E-state index contributed by atoms with van der Waals surface area (Å²) in [4.78, 5) is 17.4. The van der Waals surface area contributed by atoms with Gasteiger partial charge in [0, 0.05) is 20.8 Å². The maximum atomic E-state index is 12.8. The van der Waals surface area contributed by atoms with Crippen LogP contribution in [-0.4, -0.2) is 24.2 Å². The Labute approximate surface area is 203 Å². The number of halogens is 1. The number of thiophene rings is 1. The van der Waals surface area contributed by atoms with Crippen LogP contribution in [0.2, 0.25) is 5.02 Å². The minimum absolute atomic E-state index is 0.317. The molecule has 0 saturated carbocycles. The third-order valence-corrected chi connectivity index (χ3v) is 7.42. The second kappa shape index (κ2) is 10.0. The molecule has 0 amide bonds. The zero-order valence-corrected chi connectivity index (χ0v) is 21.0. The van der Waals surface area contributed by atoms with Gasteiger partial charge in [0.25, 0.3) is 0 Å². The van der Waals surface area contributed by atoms with Crippen LogP contribution in [0.25, 0.3) is 21.3 Å². The zero-order chi connectivity index (χ0) is 23.5. The van der Waals surface area contributed by atoms with Crippen LogP contribution < -0.4 is 4.74 Å². The molecule has 4 nitrogen and oxygen atoms in total. The molecule has 2 aromatic carbocycles. The van der Waals surface area contributed by atoms with Crippen molar-refractivity contribution in [3.05, 3.63) is 74.7 Å². The Morgan fingerprint density at radius 2 is 1.85 bits per heavy atom. The number of carbonyl (C=O) groups is 1. The fourth-order valence-corrected chi connectivity index (χ4v) is 5.25. The van der Waals surface area contributed by atoms with Crippen LogP contribution in [0.5, 0.6) is 5.75 Å². The summed E-state index contributed by atoms with van der Waals surface area (Å²) in [5, 5.41) is 3.93. The van der Waals surface area contributed by atoms with Crippen LogP contribution in [0.4, 0.5) is 0 Å². The summed E-state index contributed by atoms with van der Waals surface area (Å²) >= 11 is 7.97. The lowest BCUT2D eigenvalue weighted by atomic mass is 10.0. The van der Waals surface area contributed by atoms with Crippen LogP contribution in [0.1, 0.15) is 46.1 Å². The van der Waals surface area contributed by atoms with E-state index in [0.717, 1.165) is 50.3 Å². The van der Waals surface area contributed by atoms with Gasteiger partial charge in [-0.1, -0.05) is 29.8 Å². The van der Waals surface area contributed by atoms with Gasteiger partial charge >= 0.3 is 5.97 Å². The van der Waals surface area contributed by atoms with Gasteiger partial charge in [0.05, 0.1) is 18.7 Å². The Morgan fingerprint density at radius 1 is 1.09 bits per heavy atom. The first-order valence-corrected chi connectivity index (χ1v) is 12.4. The van der Waals surface area contributed by atoms with E-state index in [1.54, 1.807) is 11.3 Å². The topological polar surface area (TPSA) is 51.3 Å². The molecule has 4 rings (SSSR count). The number of benzene rings is 2. The first-order valence-electron chi connectivity index (χ1n) is 11.1. The number of aromatic nitrogens is 1. The van der Waals surface area contributed by atoms with Gasteiger partial charge in [0.1, 0.15) is 11.4 Å². The molecule has 6 heteroatoms. The molecule has 0 radical (unpaired) electrons. The van der Waals surface area contributed by atoms with Crippen molar-refractivity contribution in [3.63, 3.8) is 0 Å². The molecule has 1 N–H and O–H groups in total. The Hall–Kier alpha value is -2.76. The van der Waals surface area contributed by atoms with E-state index in [4.69, 9.17) is 21.1 Å². The van der Waals surface area contributed by atoms with E-state index in [0.29, 0.717) is 25.3 Å². The predicted octanol–water partition coefficient (Wildman–Crippen LogP) is 7.66. The molecular formula is C27H28ClNO3S. The molecule has 2 aromatic heterocycles. The molecule has 0 aliphatic heterocycles. The van der Waals surface area contributed by atoms with Gasteiger partial charge < -0.3 is 14.5 Å². The quantitative estimate of drug-likeness (QED) is 0.207. The molecule has 0 fully saturated rings. The molecule has 0 aliphatic rings. The van der Waals surface area contributed by atoms with Gasteiger partial charge in [0.2, 0.25) is 0 Å². The second-order valence-corrected chi connectivity index (χ2v) is 9.48. The summed E-state index contributed by atoms with van der Waals surface area (Å²) in [6.45, 7) is 8.77. The van der Waals surface area contributed by atoms with Gasteiger partial charge in [-0.05, 0) is 86.4 Å². The number of para-hydroxylation sites is 1. The Bertz CT molecular complexity index is 1280. The van der Waals surface area contributed by atoms with E-state index in [9.17, 15) is 4.79 Å². The highest BCUT2D eigenvalue weighted by atomic mass is 35.5. The average Bonchev–Trinajstić information content (AvgIpc) is 3.38. The van der Waals surface area contributed by atoms with Crippen LogP contribution in [0.15, 0.2) is 41.8 Å². The molecule has 172 valence electrons. The van der Waals surface area contributed by atoms with Gasteiger partial charge in [-0.15, -0.1) is 11.3 Å². The number of hydrogen-bond donors (Lipinski definition) is 1. The summed E-state index contributed by atoms with van der Waals surface area (Å²) in [7, 11) is 0. The average molecular weight is 482 g/mol. The van der Waals surface area contributed by atoms with Gasteiger partial charge in [-0.2, -0.15) is 0 Å². The Kier molecular flexibility index (Phi) is 7.11. The monoisotopic (exact) mass is 481 g/mol. The van der Waals surface area contributed by atoms with Gasteiger partial charge in [0.15, 0.2) is 0 Å². The number of aryl methyl sites for hydroxylation is 4. The minimum atomic E-state index is -0.317. The fraction of sp³-hybridized carbons (Fsp3) is 0.296. The molecule has 0 unspecified atom stereocenters. The third kappa shape index (κ3) is 4.80. The smallest absolute Gasteiger partial charge is 0.355 e. The van der Waals surface area contributed by atoms with E-state index in [-0.39, 0.29) is 5.97 Å². The van der Waals surface area contributed by atoms with E-state index < -0.39 is 0 Å². The molecule has 2 heterocycles. The summed E-state index contributed by atoms with van der Waals surface area (Å²) in [6.07, 6.45) is 1.47. The summed E-state index contributed by atoms with van der Waals surface area (Å²) in [6, 6.07) is 12.3. The molecule has 0 spiro atoms.